The van der Waals surface area contributed by atoms with Crippen LogP contribution in [0.15, 0.2) is 65.9 Å². The van der Waals surface area contributed by atoms with E-state index in [9.17, 15) is 4.79 Å². The second-order valence-corrected chi connectivity index (χ2v) is 5.05. The van der Waals surface area contributed by atoms with Gasteiger partial charge in [-0.05, 0) is 11.6 Å². The number of hydrogen-bond donors (Lipinski definition) is 2. The Morgan fingerprint density at radius 2 is 1.91 bits per heavy atom. The van der Waals surface area contributed by atoms with Crippen LogP contribution >= 0.6 is 0 Å². The third-order valence-electron chi connectivity index (χ3n) is 3.58. The topological polar surface area (TPSA) is 66.5 Å². The lowest BCUT2D eigenvalue weighted by molar-refractivity contribution is -0.131. The average molecular weight is 307 g/mol. The Morgan fingerprint density at radius 3 is 2.70 bits per heavy atom. The van der Waals surface area contributed by atoms with Gasteiger partial charge in [-0.2, -0.15) is 5.10 Å². The van der Waals surface area contributed by atoms with E-state index in [4.69, 9.17) is 4.74 Å². The highest BCUT2D eigenvalue weighted by Crippen LogP contribution is 2.17. The van der Waals surface area contributed by atoms with Gasteiger partial charge in [0.1, 0.15) is 0 Å². The van der Waals surface area contributed by atoms with Gasteiger partial charge in [0, 0.05) is 29.8 Å². The van der Waals surface area contributed by atoms with Gasteiger partial charge in [-0.15, -0.1) is 0 Å². The molecule has 0 saturated heterocycles. The van der Waals surface area contributed by atoms with E-state index < -0.39 is 6.10 Å². The van der Waals surface area contributed by atoms with Gasteiger partial charge < -0.3 is 9.72 Å². The molecule has 5 heteroatoms. The molecule has 2 N–H and O–H groups in total. The monoisotopic (exact) mass is 307 g/mol. The fourth-order valence-electron chi connectivity index (χ4n) is 2.45. The summed E-state index contributed by atoms with van der Waals surface area (Å²) in [6, 6.07) is 17.2. The first-order valence-corrected chi connectivity index (χ1v) is 7.26. The molecule has 2 aromatic carbocycles. The summed E-state index contributed by atoms with van der Waals surface area (Å²) in [7, 11) is 1.50. The van der Waals surface area contributed by atoms with Crippen molar-refractivity contribution in [2.75, 3.05) is 7.11 Å². The maximum Gasteiger partial charge on any atom is 0.273 e. The summed E-state index contributed by atoms with van der Waals surface area (Å²) >= 11 is 0. The van der Waals surface area contributed by atoms with Crippen LogP contribution in [0.2, 0.25) is 0 Å². The molecule has 1 atom stereocenters. The minimum absolute atomic E-state index is 0.310. The van der Waals surface area contributed by atoms with Crippen molar-refractivity contribution in [2.45, 2.75) is 6.10 Å². The van der Waals surface area contributed by atoms with Gasteiger partial charge >= 0.3 is 0 Å². The number of nitrogens with one attached hydrogen (secondary N) is 2. The van der Waals surface area contributed by atoms with E-state index in [-0.39, 0.29) is 5.91 Å². The lowest BCUT2D eigenvalue weighted by atomic mass is 10.1. The Kier molecular flexibility index (Phi) is 4.49. The molecular weight excluding hydrogens is 290 g/mol. The van der Waals surface area contributed by atoms with Gasteiger partial charge in [0.2, 0.25) is 0 Å². The molecule has 3 aromatic rings. The molecule has 3 rings (SSSR count). The van der Waals surface area contributed by atoms with Gasteiger partial charge in [-0.25, -0.2) is 5.43 Å². The summed E-state index contributed by atoms with van der Waals surface area (Å²) < 4.78 is 5.26. The van der Waals surface area contributed by atoms with Gasteiger partial charge in [0.25, 0.3) is 5.91 Å². The van der Waals surface area contributed by atoms with Crippen LogP contribution in [0.3, 0.4) is 0 Å². The number of amides is 1. The second-order valence-electron chi connectivity index (χ2n) is 5.05. The molecule has 0 aliphatic rings. The summed E-state index contributed by atoms with van der Waals surface area (Å²) in [5, 5.41) is 5.09. The van der Waals surface area contributed by atoms with Crippen molar-refractivity contribution in [1.82, 2.24) is 10.4 Å². The van der Waals surface area contributed by atoms with E-state index in [0.29, 0.717) is 0 Å². The normalized spacial score (nSPS) is 12.6. The van der Waals surface area contributed by atoms with E-state index >= 15 is 0 Å². The molecule has 0 spiro atoms. The predicted molar refractivity (Wildman–Crippen MR) is 90.2 cm³/mol. The number of rotatable bonds is 5. The number of fused-ring (bicyclic) bond motifs is 1. The third kappa shape index (κ3) is 3.30. The molecule has 0 radical (unpaired) electrons. The number of benzene rings is 2. The van der Waals surface area contributed by atoms with Gasteiger partial charge in [0.15, 0.2) is 6.10 Å². The minimum Gasteiger partial charge on any atom is -0.367 e. The first kappa shape index (κ1) is 15.0. The van der Waals surface area contributed by atoms with Gasteiger partial charge in [-0.3, -0.25) is 4.79 Å². The first-order chi connectivity index (χ1) is 11.3. The van der Waals surface area contributed by atoms with E-state index in [0.717, 1.165) is 22.0 Å². The fourth-order valence-corrected chi connectivity index (χ4v) is 2.45. The molecule has 0 bridgehead atoms. The zero-order valence-corrected chi connectivity index (χ0v) is 12.7. The number of para-hydroxylation sites is 1. The Labute approximate surface area is 134 Å². The van der Waals surface area contributed by atoms with E-state index in [1.807, 2.05) is 60.8 Å². The number of H-pyrrole nitrogens is 1. The van der Waals surface area contributed by atoms with E-state index in [2.05, 4.69) is 15.5 Å². The number of methoxy groups -OCH3 is 1. The molecule has 5 nitrogen and oxygen atoms in total. The third-order valence-corrected chi connectivity index (χ3v) is 3.58. The quantitative estimate of drug-likeness (QED) is 0.562. The van der Waals surface area contributed by atoms with Gasteiger partial charge in [0.05, 0.1) is 6.21 Å². The van der Waals surface area contributed by atoms with Crippen LogP contribution < -0.4 is 5.43 Å². The highest BCUT2D eigenvalue weighted by atomic mass is 16.5. The van der Waals surface area contributed by atoms with Crippen LogP contribution in [-0.4, -0.2) is 24.2 Å². The Balaban J connectivity index is 1.70. The second kappa shape index (κ2) is 6.89. The Morgan fingerprint density at radius 1 is 1.17 bits per heavy atom. The van der Waals surface area contributed by atoms with Gasteiger partial charge in [-0.1, -0.05) is 48.5 Å². The number of hydrogen-bond acceptors (Lipinski definition) is 3. The molecular formula is C18H17N3O2. The number of carbonyl (C=O) groups is 1. The van der Waals surface area contributed by atoms with Crippen molar-refractivity contribution >= 4 is 23.0 Å². The highest BCUT2D eigenvalue weighted by Gasteiger charge is 2.19. The molecule has 1 aromatic heterocycles. The van der Waals surface area contributed by atoms with Crippen molar-refractivity contribution in [2.24, 2.45) is 5.10 Å². The number of hydrazone groups is 1. The summed E-state index contributed by atoms with van der Waals surface area (Å²) in [6.07, 6.45) is 2.79. The van der Waals surface area contributed by atoms with Crippen LogP contribution in [-0.2, 0) is 9.53 Å². The fraction of sp³-hybridized carbons (Fsp3) is 0.111. The molecule has 0 aliphatic heterocycles. The largest absolute Gasteiger partial charge is 0.367 e. The maximum atomic E-state index is 12.2. The number of aromatic nitrogens is 1. The lowest BCUT2D eigenvalue weighted by Crippen LogP contribution is -2.26. The van der Waals surface area contributed by atoms with Crippen LogP contribution in [0.1, 0.15) is 17.2 Å². The molecule has 23 heavy (non-hydrogen) atoms. The van der Waals surface area contributed by atoms with Crippen molar-refractivity contribution in [3.63, 3.8) is 0 Å². The lowest BCUT2D eigenvalue weighted by Gasteiger charge is -2.13. The number of carbonyl (C=O) groups excluding carboxylic acids is 1. The van der Waals surface area contributed by atoms with E-state index in [1.54, 1.807) is 6.21 Å². The molecule has 0 fully saturated rings. The molecule has 1 amide bonds. The molecule has 0 aliphatic carbocycles. The van der Waals surface area contributed by atoms with Crippen molar-refractivity contribution in [1.29, 1.82) is 0 Å². The zero-order chi connectivity index (χ0) is 16.1. The zero-order valence-electron chi connectivity index (χ0n) is 12.7. The average Bonchev–Trinajstić information content (AvgIpc) is 3.00. The highest BCUT2D eigenvalue weighted by molar-refractivity contribution is 5.99. The summed E-state index contributed by atoms with van der Waals surface area (Å²) in [5.41, 5.74) is 5.25. The number of aromatic amines is 1. The standard InChI is InChI=1S/C18H17N3O2/c1-23-17(13-7-3-2-4-8-13)18(22)21-20-12-14-11-19-16-10-6-5-9-15(14)16/h2-12,17,19H,1H3,(H,21,22)/b20-12-/t17-/m1/s1. The number of nitrogens with zero attached hydrogens (tertiary/aromatic N) is 1. The van der Waals surface area contributed by atoms with Crippen molar-refractivity contribution in [3.8, 4) is 0 Å². The SMILES string of the molecule is CO[C@@H](C(=O)N/N=C\c1c[nH]c2ccccc12)c1ccccc1. The summed E-state index contributed by atoms with van der Waals surface area (Å²) in [4.78, 5) is 15.4. The molecule has 116 valence electrons. The number of ether oxygens (including phenoxy) is 1. The minimum atomic E-state index is -0.684. The molecule has 0 saturated carbocycles. The predicted octanol–water partition coefficient (Wildman–Crippen LogP) is 3.01. The van der Waals surface area contributed by atoms with Crippen molar-refractivity contribution < 1.29 is 9.53 Å². The Hall–Kier alpha value is -2.92. The van der Waals surface area contributed by atoms with Crippen LogP contribution in [0, 0.1) is 0 Å². The maximum absolute atomic E-state index is 12.2. The first-order valence-electron chi connectivity index (χ1n) is 7.26. The molecule has 0 unspecified atom stereocenters. The van der Waals surface area contributed by atoms with Crippen LogP contribution in [0.25, 0.3) is 10.9 Å². The Bertz CT molecular complexity index is 824. The molecule has 1 heterocycles. The van der Waals surface area contributed by atoms with Crippen LogP contribution in [0.4, 0.5) is 0 Å². The van der Waals surface area contributed by atoms with E-state index in [1.165, 1.54) is 7.11 Å². The van der Waals surface area contributed by atoms with Crippen LogP contribution in [0.5, 0.6) is 0 Å². The smallest absolute Gasteiger partial charge is 0.273 e. The van der Waals surface area contributed by atoms with Crippen molar-refractivity contribution in [3.05, 3.63) is 71.9 Å². The summed E-state index contributed by atoms with van der Waals surface area (Å²) in [6.45, 7) is 0. The summed E-state index contributed by atoms with van der Waals surface area (Å²) in [5.74, 6) is -0.310.